The van der Waals surface area contributed by atoms with Crippen molar-refractivity contribution in [1.82, 2.24) is 4.90 Å². The van der Waals surface area contributed by atoms with Gasteiger partial charge >= 0.3 is 6.09 Å². The van der Waals surface area contributed by atoms with E-state index in [4.69, 9.17) is 9.29 Å². The number of amides is 1. The van der Waals surface area contributed by atoms with E-state index in [2.05, 4.69) is 6.92 Å². The topological polar surface area (TPSA) is 83.9 Å². The minimum atomic E-state index is -3.69. The molecule has 7 heteroatoms. The molecule has 0 saturated carbocycles. The molecule has 1 aliphatic rings. The first-order valence-corrected chi connectivity index (χ1v) is 10.1. The number of benzene rings is 1. The van der Waals surface area contributed by atoms with Gasteiger partial charge in [-0.15, -0.1) is 0 Å². The molecule has 6 nitrogen and oxygen atoms in total. The number of aryl methyl sites for hydroxylation is 1. The minimum absolute atomic E-state index is 0.175. The Morgan fingerprint density at radius 1 is 1.28 bits per heavy atom. The zero-order valence-electron chi connectivity index (χ0n) is 14.8. The van der Waals surface area contributed by atoms with Crippen LogP contribution < -0.4 is 0 Å². The normalized spacial score (nSPS) is 17.4. The van der Waals surface area contributed by atoms with Crippen LogP contribution in [0.15, 0.2) is 29.2 Å². The fourth-order valence-electron chi connectivity index (χ4n) is 3.24. The van der Waals surface area contributed by atoms with Crippen molar-refractivity contribution >= 4 is 16.2 Å². The molecular weight excluding hydrogens is 342 g/mol. The molecule has 1 aromatic carbocycles. The summed E-state index contributed by atoms with van der Waals surface area (Å²) in [5.74, 6) is 0.922. The second kappa shape index (κ2) is 8.67. The first kappa shape index (κ1) is 19.7. The summed E-state index contributed by atoms with van der Waals surface area (Å²) in [5, 5.41) is 8.97. The van der Waals surface area contributed by atoms with Gasteiger partial charge in [-0.1, -0.05) is 24.6 Å². The van der Waals surface area contributed by atoms with Crippen LogP contribution in [0.4, 0.5) is 4.79 Å². The van der Waals surface area contributed by atoms with Gasteiger partial charge < -0.3 is 10.0 Å². The lowest BCUT2D eigenvalue weighted by Crippen LogP contribution is -2.38. The molecule has 1 fully saturated rings. The molecule has 0 spiro atoms. The summed E-state index contributed by atoms with van der Waals surface area (Å²) in [6, 6.07) is 6.62. The minimum Gasteiger partial charge on any atom is -0.465 e. The van der Waals surface area contributed by atoms with Gasteiger partial charge in [-0.3, -0.25) is 4.18 Å². The molecule has 1 amide bonds. The van der Waals surface area contributed by atoms with Gasteiger partial charge in [0.2, 0.25) is 0 Å². The maximum absolute atomic E-state index is 12.1. The third-order valence-corrected chi connectivity index (χ3v) is 6.29. The zero-order chi connectivity index (χ0) is 18.4. The fourth-order valence-corrected chi connectivity index (χ4v) is 4.19. The van der Waals surface area contributed by atoms with E-state index in [1.54, 1.807) is 24.3 Å². The predicted molar refractivity (Wildman–Crippen MR) is 95.0 cm³/mol. The molecule has 25 heavy (non-hydrogen) atoms. The molecule has 0 bridgehead atoms. The molecule has 1 unspecified atom stereocenters. The predicted octanol–water partition coefficient (Wildman–Crippen LogP) is 3.51. The van der Waals surface area contributed by atoms with Crippen molar-refractivity contribution in [2.24, 2.45) is 11.8 Å². The van der Waals surface area contributed by atoms with Crippen LogP contribution in [0, 0.1) is 18.8 Å². The maximum atomic E-state index is 12.1. The summed E-state index contributed by atoms with van der Waals surface area (Å²) in [6.07, 6.45) is 2.44. The summed E-state index contributed by atoms with van der Waals surface area (Å²) in [5.41, 5.74) is 1.00. The highest BCUT2D eigenvalue weighted by Crippen LogP contribution is 2.28. The highest BCUT2D eigenvalue weighted by molar-refractivity contribution is 7.86. The lowest BCUT2D eigenvalue weighted by atomic mass is 9.83. The third kappa shape index (κ3) is 5.71. The van der Waals surface area contributed by atoms with Crippen molar-refractivity contribution in [1.29, 1.82) is 0 Å². The molecule has 1 saturated heterocycles. The van der Waals surface area contributed by atoms with Crippen molar-refractivity contribution < 1.29 is 22.5 Å². The number of hydrogen-bond acceptors (Lipinski definition) is 4. The van der Waals surface area contributed by atoms with E-state index in [1.807, 2.05) is 6.92 Å². The molecule has 140 valence electrons. The summed E-state index contributed by atoms with van der Waals surface area (Å²) in [7, 11) is -3.69. The Hall–Kier alpha value is -1.60. The van der Waals surface area contributed by atoms with Crippen molar-refractivity contribution in [2.45, 2.75) is 44.4 Å². The number of carboxylic acid groups (broad SMARTS) is 1. The van der Waals surface area contributed by atoms with Crippen LogP contribution in [0.1, 0.15) is 38.2 Å². The Bertz CT molecular complexity index is 663. The van der Waals surface area contributed by atoms with Crippen LogP contribution in [0.2, 0.25) is 0 Å². The van der Waals surface area contributed by atoms with Gasteiger partial charge in [-0.05, 0) is 56.6 Å². The second-order valence-corrected chi connectivity index (χ2v) is 8.43. The van der Waals surface area contributed by atoms with Gasteiger partial charge in [-0.25, -0.2) is 4.79 Å². The second-order valence-electron chi connectivity index (χ2n) is 6.82. The number of piperidine rings is 1. The van der Waals surface area contributed by atoms with E-state index in [1.165, 1.54) is 4.90 Å². The summed E-state index contributed by atoms with van der Waals surface area (Å²) >= 11 is 0. The highest BCUT2D eigenvalue weighted by atomic mass is 32.2. The van der Waals surface area contributed by atoms with E-state index in [-0.39, 0.29) is 11.5 Å². The number of rotatable bonds is 7. The Labute approximate surface area is 149 Å². The monoisotopic (exact) mass is 369 g/mol. The molecule has 2 rings (SSSR count). The lowest BCUT2D eigenvalue weighted by molar-refractivity contribution is 0.112. The molecule has 0 aliphatic carbocycles. The highest BCUT2D eigenvalue weighted by Gasteiger charge is 2.26. The van der Waals surface area contributed by atoms with Gasteiger partial charge in [0.1, 0.15) is 0 Å². The smallest absolute Gasteiger partial charge is 0.407 e. The summed E-state index contributed by atoms with van der Waals surface area (Å²) in [4.78, 5) is 12.6. The zero-order valence-corrected chi connectivity index (χ0v) is 15.7. The van der Waals surface area contributed by atoms with Crippen LogP contribution in [0.3, 0.4) is 0 Å². The number of likely N-dealkylation sites (tertiary alicyclic amines) is 1. The van der Waals surface area contributed by atoms with Crippen molar-refractivity contribution in [2.75, 3.05) is 19.7 Å². The van der Waals surface area contributed by atoms with E-state index in [0.717, 1.165) is 24.8 Å². The Morgan fingerprint density at radius 2 is 1.88 bits per heavy atom. The molecule has 1 aliphatic heterocycles. The first-order chi connectivity index (χ1) is 11.8. The Morgan fingerprint density at radius 3 is 2.44 bits per heavy atom. The van der Waals surface area contributed by atoms with Gasteiger partial charge in [0, 0.05) is 13.1 Å². The SMILES string of the molecule is Cc1ccc(S(=O)(=O)OCCCC(C)C2CCN(C(=O)O)CC2)cc1. The molecule has 0 radical (unpaired) electrons. The van der Waals surface area contributed by atoms with Crippen molar-refractivity contribution in [3.8, 4) is 0 Å². The van der Waals surface area contributed by atoms with Crippen LogP contribution in [-0.4, -0.2) is 44.2 Å². The summed E-state index contributed by atoms with van der Waals surface area (Å²) in [6.45, 7) is 5.40. The Kier molecular flexibility index (Phi) is 6.84. The number of hydrogen-bond donors (Lipinski definition) is 1. The van der Waals surface area contributed by atoms with Crippen LogP contribution in [-0.2, 0) is 14.3 Å². The number of carbonyl (C=O) groups is 1. The van der Waals surface area contributed by atoms with Crippen LogP contribution in [0.25, 0.3) is 0 Å². The first-order valence-electron chi connectivity index (χ1n) is 8.73. The molecule has 1 aromatic rings. The van der Waals surface area contributed by atoms with Gasteiger partial charge in [-0.2, -0.15) is 8.42 Å². The average molecular weight is 369 g/mol. The maximum Gasteiger partial charge on any atom is 0.407 e. The van der Waals surface area contributed by atoms with E-state index < -0.39 is 16.2 Å². The Balaban J connectivity index is 1.72. The van der Waals surface area contributed by atoms with E-state index in [0.29, 0.717) is 31.3 Å². The summed E-state index contributed by atoms with van der Waals surface area (Å²) < 4.78 is 29.3. The van der Waals surface area contributed by atoms with E-state index in [9.17, 15) is 13.2 Å². The molecule has 1 N–H and O–H groups in total. The van der Waals surface area contributed by atoms with Crippen molar-refractivity contribution in [3.05, 3.63) is 29.8 Å². The van der Waals surface area contributed by atoms with Crippen LogP contribution >= 0.6 is 0 Å². The standard InChI is InChI=1S/C18H27NO5S/c1-14-5-7-17(8-6-14)25(22,23)24-13-3-4-15(2)16-9-11-19(12-10-16)18(20)21/h5-8,15-16H,3-4,9-13H2,1-2H3,(H,20,21). The van der Waals surface area contributed by atoms with Gasteiger partial charge in [0.25, 0.3) is 10.1 Å². The quantitative estimate of drug-likeness (QED) is 0.587. The largest absolute Gasteiger partial charge is 0.465 e. The van der Waals surface area contributed by atoms with Gasteiger partial charge in [0.05, 0.1) is 11.5 Å². The van der Waals surface area contributed by atoms with E-state index >= 15 is 0 Å². The number of nitrogens with zero attached hydrogens (tertiary/aromatic N) is 1. The molecular formula is C18H27NO5S. The fraction of sp³-hybridized carbons (Fsp3) is 0.611. The average Bonchev–Trinajstić information content (AvgIpc) is 2.59. The third-order valence-electron chi connectivity index (χ3n) is 4.97. The van der Waals surface area contributed by atoms with Crippen molar-refractivity contribution in [3.63, 3.8) is 0 Å². The van der Waals surface area contributed by atoms with Crippen LogP contribution in [0.5, 0.6) is 0 Å². The molecule has 1 atom stereocenters. The lowest BCUT2D eigenvalue weighted by Gasteiger charge is -2.33. The van der Waals surface area contributed by atoms with Gasteiger partial charge in [0.15, 0.2) is 0 Å². The molecule has 0 aromatic heterocycles. The molecule has 1 heterocycles.